The van der Waals surface area contributed by atoms with E-state index in [0.717, 1.165) is 69.8 Å². The number of aliphatic carboxylic acids is 1. The molecule has 5 aliphatic heterocycles. The van der Waals surface area contributed by atoms with Crippen molar-refractivity contribution in [3.63, 3.8) is 0 Å². The number of allylic oxidation sites excluding steroid dienone is 4. The van der Waals surface area contributed by atoms with Crippen LogP contribution in [0.15, 0.2) is 73.9 Å². The van der Waals surface area contributed by atoms with Gasteiger partial charge in [0.1, 0.15) is 54.7 Å². The molecule has 3 aromatic heterocycles. The van der Waals surface area contributed by atoms with E-state index in [2.05, 4.69) is 43.1 Å². The minimum Gasteiger partial charge on any atom is -0.480 e. The van der Waals surface area contributed by atoms with E-state index in [1.807, 2.05) is 26.8 Å². The molecule has 1 N–H and O–H groups in total. The highest BCUT2D eigenvalue weighted by Gasteiger charge is 2.59. The van der Waals surface area contributed by atoms with Gasteiger partial charge in [-0.3, -0.25) is 28.8 Å². The van der Waals surface area contributed by atoms with Crippen LogP contribution in [0.1, 0.15) is 208 Å². The summed E-state index contributed by atoms with van der Waals surface area (Å²) in [6.07, 6.45) is 7.17. The molecule has 4 bridgehead atoms. The topological polar surface area (TPSA) is 335 Å². The van der Waals surface area contributed by atoms with Crippen LogP contribution >= 0.6 is 0 Å². The minimum atomic E-state index is -3.78. The Morgan fingerprint density at radius 2 is 1.02 bits per heavy atom. The molecule has 0 unspecified atom stereocenters. The number of hydrogen-bond acceptors (Lipinski definition) is 23. The number of esters is 5. The number of hydrogen-bond donors (Lipinski definition) is 1. The highest BCUT2D eigenvalue weighted by molar-refractivity contribution is 5.92. The van der Waals surface area contributed by atoms with Gasteiger partial charge in [0.05, 0.1) is 104 Å². The third kappa shape index (κ3) is 22.2. The van der Waals surface area contributed by atoms with Gasteiger partial charge >= 0.3 is 47.7 Å². The molecule has 9 fully saturated rings. The number of benzene rings is 3. The monoisotopic (exact) mass is 1960 g/mol. The first kappa shape index (κ1) is 102. The first-order chi connectivity index (χ1) is 65.3. The van der Waals surface area contributed by atoms with Crippen LogP contribution in [0.3, 0.4) is 0 Å². The second kappa shape index (κ2) is 39.6. The number of likely N-dealkylation sites (tertiary alicyclic amines) is 1. The number of ether oxygens (including phenoxy) is 8. The molecule has 3 amide bonds. The zero-order valence-corrected chi connectivity index (χ0v) is 79.0. The van der Waals surface area contributed by atoms with E-state index in [9.17, 15) is 83.4 Å². The highest BCUT2D eigenvalue weighted by atomic mass is 19.3. The quantitative estimate of drug-likeness (QED) is 0.0458. The van der Waals surface area contributed by atoms with E-state index in [0.29, 0.717) is 104 Å². The summed E-state index contributed by atoms with van der Waals surface area (Å²) >= 11 is 0. The zero-order chi connectivity index (χ0) is 101. The second-order valence-corrected chi connectivity index (χ2v) is 42.1. The number of methoxy groups -OCH3 is 2. The van der Waals surface area contributed by atoms with Crippen LogP contribution in [0, 0.1) is 122 Å². The predicted octanol–water partition coefficient (Wildman–Crippen LogP) is 17.4. The maximum atomic E-state index is 15.9. The summed E-state index contributed by atoms with van der Waals surface area (Å²) in [7, 11) is 2.31. The summed E-state index contributed by atoms with van der Waals surface area (Å²) in [4.78, 5) is 148. The van der Waals surface area contributed by atoms with E-state index in [1.165, 1.54) is 15.9 Å². The first-order valence-corrected chi connectivity index (χ1v) is 47.3. The van der Waals surface area contributed by atoms with Crippen molar-refractivity contribution in [2.75, 3.05) is 33.9 Å². The number of carboxylic acids is 1. The Morgan fingerprint density at radius 1 is 0.554 bits per heavy atom. The Labute approximate surface area is 794 Å². The van der Waals surface area contributed by atoms with Gasteiger partial charge in [-0.15, -0.1) is 6.58 Å². The Kier molecular flexibility index (Phi) is 29.1. The number of nitrogens with zero attached hydrogens (tertiary/aromatic N) is 9. The van der Waals surface area contributed by atoms with Crippen molar-refractivity contribution in [3.05, 3.63) is 126 Å². The van der Waals surface area contributed by atoms with Crippen molar-refractivity contribution in [2.24, 2.45) is 87.3 Å². The van der Waals surface area contributed by atoms with E-state index in [-0.39, 0.29) is 140 Å². The van der Waals surface area contributed by atoms with Crippen LogP contribution in [0.25, 0.3) is 33.1 Å². The van der Waals surface area contributed by atoms with Crippen molar-refractivity contribution in [2.45, 2.75) is 263 Å². The SMILES string of the molecule is C=CCC[C@@H]1[C@H]2C[C@H]2C[C@H]1OC(=O)C[C@H](C(=O)N1C[C@H](Oc2nc3cc(F)c(F)cc3nc2C(F)(F)C=C)C[C@H]1C(=O)OC)C(C)(C)C.CC(C)(C)[C@@H]1CC(=O)O[C@@H]2C[C@@H]3C[C@@H]3[C@H]2CCCCC(F)(F)c2nc3cc(F)c(F)cc3nc2O[C@@H]2C[C@@H](C(=O)O)N(C2)C1=O.COC(=O)[C@@H]1C[C@@H]2CN1C(=O)[C@H](C(C)(C)C)CC(=O)O[C@@H]1C[C@@H]3C[C@@H]3[C@H]1CC/C=C/C(F)(F)c1nc3cc(F)c(F)cc3nc1O2. The fourth-order valence-corrected chi connectivity index (χ4v) is 21.8. The summed E-state index contributed by atoms with van der Waals surface area (Å²) < 4.78 is 223. The molecule has 27 nitrogen and oxygen atoms in total. The maximum absolute atomic E-state index is 15.9. The van der Waals surface area contributed by atoms with Crippen molar-refractivity contribution in [1.29, 1.82) is 0 Å². The van der Waals surface area contributed by atoms with E-state index < -0.39 is 218 Å². The number of fused-ring (bicyclic) bond motifs is 16. The van der Waals surface area contributed by atoms with Crippen LogP contribution < -0.4 is 14.2 Å². The third-order valence-corrected chi connectivity index (χ3v) is 29.5. The fourth-order valence-electron chi connectivity index (χ4n) is 21.8. The summed E-state index contributed by atoms with van der Waals surface area (Å²) in [5.74, 6) is -26.4. The Balaban J connectivity index is 0.000000158. The van der Waals surface area contributed by atoms with Gasteiger partial charge in [0.15, 0.2) is 52.0 Å². The molecule has 0 spiro atoms. The van der Waals surface area contributed by atoms with Crippen LogP contribution in [-0.2, 0) is 84.6 Å². The van der Waals surface area contributed by atoms with Crippen LogP contribution in [0.2, 0.25) is 0 Å². The number of carbonyl (C=O) groups excluding carboxylic acids is 8. The van der Waals surface area contributed by atoms with Gasteiger partial charge in [-0.25, -0.2) is 70.6 Å². The normalized spacial score (nSPS) is 29.8. The zero-order valence-electron chi connectivity index (χ0n) is 79.0. The summed E-state index contributed by atoms with van der Waals surface area (Å²) in [5.41, 5.74) is -6.56. The molecule has 6 aromatic rings. The molecule has 6 aliphatic carbocycles. The first-order valence-electron chi connectivity index (χ1n) is 47.3. The van der Waals surface area contributed by atoms with Gasteiger partial charge in [0, 0.05) is 62.1 Å². The van der Waals surface area contributed by atoms with Gasteiger partial charge in [0.25, 0.3) is 5.92 Å². The van der Waals surface area contributed by atoms with E-state index in [4.69, 9.17) is 37.9 Å². The van der Waals surface area contributed by atoms with Crippen molar-refractivity contribution in [3.8, 4) is 17.6 Å². The molecule has 11 aliphatic rings. The molecular weight excluding hydrogens is 1840 g/mol. The van der Waals surface area contributed by atoms with E-state index >= 15 is 17.6 Å². The summed E-state index contributed by atoms with van der Waals surface area (Å²) in [6.45, 7) is 22.4. The van der Waals surface area contributed by atoms with Crippen molar-refractivity contribution in [1.82, 2.24) is 44.6 Å². The number of aromatic nitrogens is 6. The number of carboxylic acid groups (broad SMARTS) is 1. The molecule has 139 heavy (non-hydrogen) atoms. The van der Waals surface area contributed by atoms with Gasteiger partial charge in [-0.1, -0.05) is 87.5 Å². The Morgan fingerprint density at radius 3 is 1.53 bits per heavy atom. The van der Waals surface area contributed by atoms with Crippen LogP contribution in [-0.4, -0.2) is 192 Å². The lowest BCUT2D eigenvalue weighted by molar-refractivity contribution is -0.160. The summed E-state index contributed by atoms with van der Waals surface area (Å²) in [6, 6.07) is 0.517. The van der Waals surface area contributed by atoms with Gasteiger partial charge < -0.3 is 57.7 Å². The predicted molar refractivity (Wildman–Crippen MR) is 473 cm³/mol. The molecule has 3 saturated heterocycles. The van der Waals surface area contributed by atoms with Crippen LogP contribution in [0.5, 0.6) is 17.6 Å². The molecule has 752 valence electrons. The molecular formula is C100H115F12N9O18. The van der Waals surface area contributed by atoms with Gasteiger partial charge in [-0.05, 0) is 159 Å². The lowest BCUT2D eigenvalue weighted by atomic mass is 9.77. The number of rotatable bonds is 14. The highest BCUT2D eigenvalue weighted by Crippen LogP contribution is 2.61. The number of amides is 3. The molecule has 39 heteroatoms. The molecule has 21 atom stereocenters. The van der Waals surface area contributed by atoms with Gasteiger partial charge in [-0.2, -0.15) is 26.3 Å². The molecule has 17 rings (SSSR count). The number of alkyl halides is 6. The standard InChI is InChI=1S/C35H41F4N3O6.C33H37F4N3O6.C32H37F4N3O6/c1-7-9-10-20-21-11-18(21)12-28(20)48-29(43)14-22(34(3,4)5)32(44)42-17-19(13-27(42)33(45)46-6)47-31-30(35(38,39)8-2)40-25-15-23(36)24(37)16-26(25)41-31;1-32(2,3)20-12-27(41)46-26-10-16-9-19(16)18(26)7-5-6-8-33(36,37)28-29(39-24-14-22(35)21(34)13-23(24)38-28)45-17-11-25(31(43)44-4)40(15-17)30(20)42;1-31(2,3)19-11-26(40)45-25-9-15-8-18(15)17(25)6-4-5-7-32(35,36)27-28(38-23-13-21(34)20(33)12-22(23)37-27)44-16-10-24(30(42)43)39(14-16)29(19)41/h7-8,15-16,18-22,27-28H,1-2,9-14,17H2,3-6H3;6,8,13-14,16-20,25-26H,5,7,9-12,15H2,1-4H3;12-13,15-19,24-25H,4-11,14H2,1-3H3,(H,42,43)/b;8-6+;/t18-,19+,20+,21-,22+,27-,28+;16-,17+,18+,19-,20+,25-,26+;15-,16+,17+,18-,19+,24-,25+/m000/s1. The minimum absolute atomic E-state index is 0.00448. The Bertz CT molecular complexity index is 5830. The Hall–Kier alpha value is -11.3. The summed E-state index contributed by atoms with van der Waals surface area (Å²) in [5, 5.41) is 10.0. The van der Waals surface area contributed by atoms with Crippen molar-refractivity contribution < 1.29 is 139 Å². The average molecular weight is 1960 g/mol. The second-order valence-electron chi connectivity index (χ2n) is 42.1. The third-order valence-electron chi connectivity index (χ3n) is 29.5. The molecule has 8 heterocycles. The average Bonchev–Trinajstić information content (AvgIpc) is 1.59. The molecule has 3 aromatic carbocycles. The molecule has 6 saturated carbocycles. The van der Waals surface area contributed by atoms with Crippen molar-refractivity contribution >= 4 is 86.6 Å². The number of halogens is 12. The van der Waals surface area contributed by atoms with Crippen LogP contribution in [0.4, 0.5) is 52.7 Å². The fraction of sp³-hybridized carbons (Fsp3) is 0.610. The van der Waals surface area contributed by atoms with E-state index in [1.54, 1.807) is 41.5 Å². The lowest BCUT2D eigenvalue weighted by Gasteiger charge is -2.34. The maximum Gasteiger partial charge on any atom is 0.328 e. The largest absolute Gasteiger partial charge is 0.480 e. The molecule has 0 radical (unpaired) electrons. The smallest absolute Gasteiger partial charge is 0.328 e. The van der Waals surface area contributed by atoms with Gasteiger partial charge in [0.2, 0.25) is 35.4 Å². The number of carbonyl (C=O) groups is 9. The lowest BCUT2D eigenvalue weighted by Crippen LogP contribution is -2.48.